The van der Waals surface area contributed by atoms with Crippen LogP contribution in [-0.2, 0) is 25.7 Å². The van der Waals surface area contributed by atoms with E-state index < -0.39 is 6.04 Å². The maximum atomic E-state index is 13.3. The molecule has 338 valence electrons. The van der Waals surface area contributed by atoms with Gasteiger partial charge in [0, 0.05) is 61.8 Å². The molecule has 3 N–H and O–H groups in total. The van der Waals surface area contributed by atoms with Crippen LogP contribution in [0, 0.1) is 6.92 Å². The number of amides is 4. The Kier molecular flexibility index (Phi) is 12.4. The van der Waals surface area contributed by atoms with Crippen molar-refractivity contribution in [3.8, 4) is 5.75 Å². The van der Waals surface area contributed by atoms with E-state index in [4.69, 9.17) is 26.1 Å². The number of nitrogens with zero attached hydrogens (tertiary/aromatic N) is 6. The number of rotatable bonds is 12. The summed E-state index contributed by atoms with van der Waals surface area (Å²) < 4.78 is 13.9. The summed E-state index contributed by atoms with van der Waals surface area (Å²) in [6.07, 6.45) is 8.67. The van der Waals surface area contributed by atoms with Crippen LogP contribution in [-0.4, -0.2) is 112 Å². The van der Waals surface area contributed by atoms with Gasteiger partial charge in [0.2, 0.25) is 17.8 Å². The monoisotopic (exact) mass is 893 g/mol. The Balaban J connectivity index is 0.746. The molecule has 4 fully saturated rings. The van der Waals surface area contributed by atoms with E-state index in [1.165, 1.54) is 12.6 Å². The molecule has 0 radical (unpaired) electrons. The van der Waals surface area contributed by atoms with Crippen molar-refractivity contribution in [3.63, 3.8) is 0 Å². The van der Waals surface area contributed by atoms with Crippen LogP contribution < -0.4 is 31.1 Å². The molecule has 16 nitrogen and oxygen atoms in total. The molecular formula is C47H56ClN9O7. The number of imide groups is 1. The number of piperidine rings is 3. The Hall–Kier alpha value is -5.58. The molecule has 5 aliphatic rings. The number of pyridine rings is 1. The highest BCUT2D eigenvalue weighted by Gasteiger charge is 2.41. The molecule has 64 heavy (non-hydrogen) atoms. The number of fused-ring (bicyclic) bond motifs is 2. The minimum Gasteiger partial charge on any atom is -0.478 e. The molecule has 4 amide bonds. The molecule has 4 aliphatic heterocycles. The predicted octanol–water partition coefficient (Wildman–Crippen LogP) is 5.36. The first-order chi connectivity index (χ1) is 30.8. The van der Waals surface area contributed by atoms with Gasteiger partial charge in [0.15, 0.2) is 18.2 Å². The van der Waals surface area contributed by atoms with E-state index in [1.807, 2.05) is 38.1 Å². The second-order valence-electron chi connectivity index (χ2n) is 18.1. The number of ether oxygens (including phenoxy) is 2. The van der Waals surface area contributed by atoms with Gasteiger partial charge in [-0.3, -0.25) is 29.3 Å². The van der Waals surface area contributed by atoms with Gasteiger partial charge in [-0.1, -0.05) is 17.7 Å². The normalized spacial score (nSPS) is 22.2. The van der Waals surface area contributed by atoms with E-state index in [9.17, 15) is 24.0 Å². The van der Waals surface area contributed by atoms with Crippen LogP contribution in [0.4, 0.5) is 17.5 Å². The number of hydrogen-bond acceptors (Lipinski definition) is 12. The molecule has 6 heterocycles. The zero-order valence-electron chi connectivity index (χ0n) is 36.8. The van der Waals surface area contributed by atoms with Crippen molar-refractivity contribution in [2.24, 2.45) is 0 Å². The number of anilines is 3. The van der Waals surface area contributed by atoms with Gasteiger partial charge >= 0.3 is 0 Å². The fourth-order valence-electron chi connectivity index (χ4n) is 10.2. The number of nitrogens with one attached hydrogen (secondary N) is 3. The molecule has 17 heteroatoms. The molecule has 9 rings (SSSR count). The number of carbonyl (C=O) groups is 4. The highest BCUT2D eigenvalue weighted by molar-refractivity contribution is 6.33. The third-order valence-electron chi connectivity index (χ3n) is 13.9. The average Bonchev–Trinajstić information content (AvgIpc) is 3.61. The lowest BCUT2D eigenvalue weighted by Crippen LogP contribution is -2.52. The van der Waals surface area contributed by atoms with Crippen LogP contribution in [0.2, 0.25) is 5.02 Å². The summed E-state index contributed by atoms with van der Waals surface area (Å²) in [7, 11) is 1.52. The lowest BCUT2D eigenvalue weighted by atomic mass is 9.81. The van der Waals surface area contributed by atoms with E-state index in [1.54, 1.807) is 21.7 Å². The quantitative estimate of drug-likeness (QED) is 0.155. The van der Waals surface area contributed by atoms with Gasteiger partial charge in [-0.2, -0.15) is 4.98 Å². The Bertz CT molecular complexity index is 2540. The largest absolute Gasteiger partial charge is 0.478 e. The van der Waals surface area contributed by atoms with Gasteiger partial charge in [-0.05, 0) is 132 Å². The summed E-state index contributed by atoms with van der Waals surface area (Å²) in [5.74, 6) is 0.481. The first kappa shape index (κ1) is 43.7. The minimum absolute atomic E-state index is 0.0955. The van der Waals surface area contributed by atoms with Crippen molar-refractivity contribution < 1.29 is 28.7 Å². The van der Waals surface area contributed by atoms with Crippen LogP contribution in [0.3, 0.4) is 0 Å². The van der Waals surface area contributed by atoms with E-state index >= 15 is 0 Å². The summed E-state index contributed by atoms with van der Waals surface area (Å²) in [5, 5.41) is 9.38. The summed E-state index contributed by atoms with van der Waals surface area (Å²) in [6.45, 7) is 9.72. The molecule has 3 saturated heterocycles. The summed E-state index contributed by atoms with van der Waals surface area (Å²) in [5.41, 5.74) is 5.32. The standard InChI is InChI=1S/C47H56ClN9O7/c1-26(2)57-38-8-5-30(19-29(38)20-40(46(57)62)63-25-42(59)49-4)51-43-37(48)23-50-47(53-43)55-17-13-32(14-18-55)64-33-21-31(22-33)54-15-11-28(12-16-54)34-6-7-35-36(27(34)3)24-56(45(35)61)39-9-10-41(58)52-44(39)60/h5-8,19-20,23,26,28,31-33,39H,9-18,21-22,24-25H2,1-4H3,(H,49,59)(H,50,51,53)(H,52,58,60)/t31?,33?,39-/m1/s1. The first-order valence-electron chi connectivity index (χ1n) is 22.6. The van der Waals surface area contributed by atoms with Gasteiger partial charge in [-0.25, -0.2) is 4.98 Å². The van der Waals surface area contributed by atoms with Crippen molar-refractivity contribution in [3.05, 3.63) is 80.2 Å². The first-order valence-corrected chi connectivity index (χ1v) is 23.0. The number of carbonyl (C=O) groups excluding carboxylic acids is 4. The SMILES string of the molecule is CNC(=O)COc1cc2cc(Nc3nc(N4CCC(OC5CC(N6CCC(c7ccc8c(c7C)CN([C@@H]7CCC(=O)NC7=O)C8=O)CC6)C5)CC4)ncc3Cl)ccc2n(C(C)C)c1=O. The third-order valence-corrected chi connectivity index (χ3v) is 14.1. The molecule has 0 spiro atoms. The zero-order chi connectivity index (χ0) is 44.8. The van der Waals surface area contributed by atoms with Crippen LogP contribution in [0.5, 0.6) is 5.75 Å². The molecular weight excluding hydrogens is 838 g/mol. The maximum Gasteiger partial charge on any atom is 0.293 e. The highest BCUT2D eigenvalue weighted by atomic mass is 35.5. The number of benzene rings is 2. The van der Waals surface area contributed by atoms with E-state index in [2.05, 4.69) is 43.7 Å². The van der Waals surface area contributed by atoms with Gasteiger partial charge < -0.3 is 39.4 Å². The van der Waals surface area contributed by atoms with Crippen LogP contribution in [0.1, 0.15) is 104 Å². The smallest absolute Gasteiger partial charge is 0.293 e. The second-order valence-corrected chi connectivity index (χ2v) is 18.5. The molecule has 1 atom stereocenters. The van der Waals surface area contributed by atoms with Crippen molar-refractivity contribution >= 4 is 63.6 Å². The average molecular weight is 894 g/mol. The van der Waals surface area contributed by atoms with E-state index in [0.29, 0.717) is 47.3 Å². The fourth-order valence-corrected chi connectivity index (χ4v) is 10.3. The number of likely N-dealkylation sites (tertiary alicyclic amines) is 1. The summed E-state index contributed by atoms with van der Waals surface area (Å²) in [6, 6.07) is 11.2. The molecule has 1 aliphatic carbocycles. The van der Waals surface area contributed by atoms with Crippen LogP contribution in [0.15, 0.2) is 47.4 Å². The molecule has 4 aromatic rings. The van der Waals surface area contributed by atoms with Crippen LogP contribution in [0.25, 0.3) is 10.9 Å². The molecule has 0 unspecified atom stereocenters. The number of halogens is 1. The van der Waals surface area contributed by atoms with E-state index in [-0.39, 0.29) is 66.2 Å². The Morgan fingerprint density at radius 3 is 2.45 bits per heavy atom. The minimum atomic E-state index is -0.602. The Morgan fingerprint density at radius 1 is 0.969 bits per heavy atom. The Morgan fingerprint density at radius 2 is 1.73 bits per heavy atom. The van der Waals surface area contributed by atoms with E-state index in [0.717, 1.165) is 92.4 Å². The van der Waals surface area contributed by atoms with Crippen molar-refractivity contribution in [2.75, 3.05) is 50.1 Å². The third kappa shape index (κ3) is 8.66. The van der Waals surface area contributed by atoms with Gasteiger partial charge in [0.25, 0.3) is 17.4 Å². The number of likely N-dealkylation sites (N-methyl/N-ethyl adjacent to an activating group) is 1. The van der Waals surface area contributed by atoms with Crippen molar-refractivity contribution in [1.82, 2.24) is 35.0 Å². The molecule has 2 aromatic heterocycles. The summed E-state index contributed by atoms with van der Waals surface area (Å²) in [4.78, 5) is 78.5. The van der Waals surface area contributed by atoms with Gasteiger partial charge in [0.05, 0.1) is 23.9 Å². The van der Waals surface area contributed by atoms with Crippen LogP contribution >= 0.6 is 11.6 Å². The maximum absolute atomic E-state index is 13.3. The number of aromatic nitrogens is 3. The highest BCUT2D eigenvalue weighted by Crippen LogP contribution is 2.40. The zero-order valence-corrected chi connectivity index (χ0v) is 37.6. The number of hydrogen-bond donors (Lipinski definition) is 3. The van der Waals surface area contributed by atoms with Crippen molar-refractivity contribution in [1.29, 1.82) is 0 Å². The Labute approximate surface area is 377 Å². The topological polar surface area (TPSA) is 180 Å². The molecule has 2 aromatic carbocycles. The lowest BCUT2D eigenvalue weighted by molar-refractivity contribution is -0.137. The van der Waals surface area contributed by atoms with Crippen molar-refractivity contribution in [2.45, 2.75) is 115 Å². The predicted molar refractivity (Wildman–Crippen MR) is 242 cm³/mol. The molecule has 1 saturated carbocycles. The fraction of sp³-hybridized carbons (Fsp3) is 0.511. The van der Waals surface area contributed by atoms with Gasteiger partial charge in [-0.15, -0.1) is 0 Å². The molecule has 0 bridgehead atoms. The summed E-state index contributed by atoms with van der Waals surface area (Å²) >= 11 is 6.61. The second kappa shape index (κ2) is 18.1. The van der Waals surface area contributed by atoms with Gasteiger partial charge in [0.1, 0.15) is 11.1 Å². The lowest BCUT2D eigenvalue weighted by Gasteiger charge is -2.47.